The van der Waals surface area contributed by atoms with Gasteiger partial charge in [-0.1, -0.05) is 25.4 Å². The van der Waals surface area contributed by atoms with Crippen molar-refractivity contribution in [3.63, 3.8) is 0 Å². The number of hydrogen-bond donors (Lipinski definition) is 0. The van der Waals surface area contributed by atoms with Crippen LogP contribution in [0.15, 0.2) is 0 Å². The fourth-order valence-corrected chi connectivity index (χ4v) is 2.62. The fourth-order valence-electron chi connectivity index (χ4n) is 2.44. The number of aromatic nitrogens is 2. The molecule has 1 aliphatic heterocycles. The van der Waals surface area contributed by atoms with E-state index < -0.39 is 0 Å². The Hall–Kier alpha value is -0.830. The summed E-state index contributed by atoms with van der Waals surface area (Å²) in [6, 6.07) is 0.545. The van der Waals surface area contributed by atoms with Gasteiger partial charge in [-0.25, -0.2) is 9.97 Å². The molecule has 3 nitrogen and oxygen atoms in total. The molecule has 0 aromatic carbocycles. The first-order valence-corrected chi connectivity index (χ1v) is 7.19. The second kappa shape index (κ2) is 5.43. The molecule has 0 N–H and O–H groups in total. The molecule has 18 heavy (non-hydrogen) atoms. The zero-order valence-electron chi connectivity index (χ0n) is 11.7. The van der Waals surface area contributed by atoms with E-state index >= 15 is 0 Å². The molecule has 1 aromatic rings. The quantitative estimate of drug-likeness (QED) is 0.760. The summed E-state index contributed by atoms with van der Waals surface area (Å²) in [6.07, 6.45) is 3.78. The Morgan fingerprint density at radius 3 is 2.61 bits per heavy atom. The van der Waals surface area contributed by atoms with E-state index in [1.165, 1.54) is 19.3 Å². The van der Waals surface area contributed by atoms with Crippen molar-refractivity contribution in [2.45, 2.75) is 58.9 Å². The normalized spacial score (nSPS) is 20.6. The highest BCUT2D eigenvalue weighted by Gasteiger charge is 2.23. The zero-order chi connectivity index (χ0) is 13.3. The molecule has 1 fully saturated rings. The van der Waals surface area contributed by atoms with Crippen LogP contribution >= 0.6 is 11.6 Å². The first kappa shape index (κ1) is 13.6. The Morgan fingerprint density at radius 2 is 2.00 bits per heavy atom. The van der Waals surface area contributed by atoms with Crippen molar-refractivity contribution in [1.82, 2.24) is 9.97 Å². The topological polar surface area (TPSA) is 29.0 Å². The van der Waals surface area contributed by atoms with E-state index in [1.807, 2.05) is 6.92 Å². The maximum absolute atomic E-state index is 6.25. The van der Waals surface area contributed by atoms with Gasteiger partial charge in [0.15, 0.2) is 0 Å². The smallest absolute Gasteiger partial charge is 0.137 e. The lowest BCUT2D eigenvalue weighted by Gasteiger charge is -2.35. The summed E-state index contributed by atoms with van der Waals surface area (Å²) in [5.41, 5.74) is 1.01. The predicted octanol–water partition coefficient (Wildman–Crippen LogP) is 3.94. The summed E-state index contributed by atoms with van der Waals surface area (Å²) >= 11 is 6.25. The highest BCUT2D eigenvalue weighted by molar-refractivity contribution is 6.30. The molecular weight excluding hydrogens is 246 g/mol. The van der Waals surface area contributed by atoms with Crippen molar-refractivity contribution in [3.8, 4) is 0 Å². The molecule has 0 spiro atoms. The third kappa shape index (κ3) is 2.61. The number of nitrogens with zero attached hydrogens (tertiary/aromatic N) is 3. The minimum absolute atomic E-state index is 0.307. The van der Waals surface area contributed by atoms with Crippen LogP contribution in [0.4, 0.5) is 5.82 Å². The second-order valence-corrected chi connectivity index (χ2v) is 5.87. The van der Waals surface area contributed by atoms with Crippen molar-refractivity contribution >= 4 is 17.4 Å². The van der Waals surface area contributed by atoms with Crippen LogP contribution < -0.4 is 4.90 Å². The van der Waals surface area contributed by atoms with Gasteiger partial charge in [-0.05, 0) is 33.1 Å². The van der Waals surface area contributed by atoms with Crippen LogP contribution in [0.3, 0.4) is 0 Å². The molecular formula is C14H22ClN3. The van der Waals surface area contributed by atoms with E-state index in [9.17, 15) is 0 Å². The van der Waals surface area contributed by atoms with Gasteiger partial charge in [0, 0.05) is 24.1 Å². The van der Waals surface area contributed by atoms with Crippen LogP contribution in [0.25, 0.3) is 0 Å². The lowest BCUT2D eigenvalue weighted by molar-refractivity contribution is 0.479. The van der Waals surface area contributed by atoms with Gasteiger partial charge in [0.2, 0.25) is 0 Å². The number of piperidine rings is 1. The molecule has 0 amide bonds. The van der Waals surface area contributed by atoms with Gasteiger partial charge in [-0.2, -0.15) is 0 Å². The maximum atomic E-state index is 6.25. The summed E-state index contributed by atoms with van der Waals surface area (Å²) in [4.78, 5) is 11.5. The third-order valence-corrected chi connectivity index (χ3v) is 4.04. The maximum Gasteiger partial charge on any atom is 0.137 e. The molecule has 1 saturated heterocycles. The Kier molecular flexibility index (Phi) is 4.10. The molecule has 1 unspecified atom stereocenters. The van der Waals surface area contributed by atoms with Crippen LogP contribution in [0.2, 0.25) is 5.15 Å². The van der Waals surface area contributed by atoms with Crippen molar-refractivity contribution in [2.75, 3.05) is 11.4 Å². The summed E-state index contributed by atoms with van der Waals surface area (Å²) in [7, 11) is 0. The van der Waals surface area contributed by atoms with Gasteiger partial charge in [0.05, 0.1) is 0 Å². The first-order valence-electron chi connectivity index (χ1n) is 6.81. The molecule has 2 rings (SSSR count). The highest BCUT2D eigenvalue weighted by Crippen LogP contribution is 2.30. The minimum atomic E-state index is 0.307. The summed E-state index contributed by atoms with van der Waals surface area (Å²) in [5, 5.41) is 0.599. The first-order chi connectivity index (χ1) is 8.50. The van der Waals surface area contributed by atoms with Crippen molar-refractivity contribution in [3.05, 3.63) is 16.5 Å². The molecule has 0 bridgehead atoms. The lowest BCUT2D eigenvalue weighted by Crippen LogP contribution is -2.38. The van der Waals surface area contributed by atoms with Crippen LogP contribution in [0.1, 0.15) is 57.3 Å². The van der Waals surface area contributed by atoms with Gasteiger partial charge in [-0.3, -0.25) is 0 Å². The lowest BCUT2D eigenvalue weighted by atomic mass is 10.0. The number of rotatable bonds is 2. The van der Waals surface area contributed by atoms with Crippen LogP contribution in [0.5, 0.6) is 0 Å². The van der Waals surface area contributed by atoms with E-state index in [0.717, 1.165) is 23.8 Å². The third-order valence-electron chi connectivity index (χ3n) is 3.67. The average Bonchev–Trinajstić information content (AvgIpc) is 2.33. The van der Waals surface area contributed by atoms with E-state index in [2.05, 4.69) is 30.7 Å². The van der Waals surface area contributed by atoms with Crippen molar-refractivity contribution in [1.29, 1.82) is 0 Å². The average molecular weight is 268 g/mol. The van der Waals surface area contributed by atoms with E-state index in [0.29, 0.717) is 17.1 Å². The Labute approximate surface area is 115 Å². The molecule has 0 aliphatic carbocycles. The molecule has 2 heterocycles. The van der Waals surface area contributed by atoms with E-state index in [-0.39, 0.29) is 0 Å². The zero-order valence-corrected chi connectivity index (χ0v) is 12.5. The molecule has 4 heteroatoms. The largest absolute Gasteiger partial charge is 0.354 e. The van der Waals surface area contributed by atoms with E-state index in [4.69, 9.17) is 16.6 Å². The van der Waals surface area contributed by atoms with Gasteiger partial charge in [0.1, 0.15) is 16.8 Å². The molecule has 0 saturated carbocycles. The second-order valence-electron chi connectivity index (χ2n) is 5.51. The van der Waals surface area contributed by atoms with Crippen LogP contribution in [0, 0.1) is 6.92 Å². The van der Waals surface area contributed by atoms with Gasteiger partial charge in [-0.15, -0.1) is 0 Å². The fraction of sp³-hybridized carbons (Fsp3) is 0.714. The van der Waals surface area contributed by atoms with Crippen molar-refractivity contribution in [2.24, 2.45) is 0 Å². The summed E-state index contributed by atoms with van der Waals surface area (Å²) < 4.78 is 0. The summed E-state index contributed by atoms with van der Waals surface area (Å²) in [5.74, 6) is 2.19. The molecule has 1 aromatic heterocycles. The number of hydrogen-bond acceptors (Lipinski definition) is 3. The Bertz CT molecular complexity index is 431. The minimum Gasteiger partial charge on any atom is -0.354 e. The predicted molar refractivity (Wildman–Crippen MR) is 76.5 cm³/mol. The SMILES string of the molecule is Cc1c(Cl)nc(C(C)C)nc1N1CCCCC1C. The molecule has 1 atom stereocenters. The Morgan fingerprint density at radius 1 is 1.28 bits per heavy atom. The van der Waals surface area contributed by atoms with Gasteiger partial charge in [0.25, 0.3) is 0 Å². The van der Waals surface area contributed by atoms with E-state index in [1.54, 1.807) is 0 Å². The van der Waals surface area contributed by atoms with Crippen LogP contribution in [-0.4, -0.2) is 22.6 Å². The monoisotopic (exact) mass is 267 g/mol. The van der Waals surface area contributed by atoms with Crippen molar-refractivity contribution < 1.29 is 0 Å². The van der Waals surface area contributed by atoms with Gasteiger partial charge < -0.3 is 4.90 Å². The molecule has 1 aliphatic rings. The Balaban J connectivity index is 2.41. The van der Waals surface area contributed by atoms with Gasteiger partial charge >= 0.3 is 0 Å². The number of halogens is 1. The number of anilines is 1. The highest BCUT2D eigenvalue weighted by atomic mass is 35.5. The summed E-state index contributed by atoms with van der Waals surface area (Å²) in [6.45, 7) is 9.56. The standard InChI is InChI=1S/C14H22ClN3/c1-9(2)13-16-12(15)11(4)14(17-13)18-8-6-5-7-10(18)3/h9-10H,5-8H2,1-4H3. The van der Waals surface area contributed by atoms with Crippen LogP contribution in [-0.2, 0) is 0 Å². The molecule has 0 radical (unpaired) electrons. The molecule has 100 valence electrons.